The van der Waals surface area contributed by atoms with E-state index in [1.165, 1.54) is 12.1 Å². The average molecular weight is 348 g/mol. The molecule has 0 aromatic heterocycles. The van der Waals surface area contributed by atoms with E-state index in [0.29, 0.717) is 17.8 Å². The number of carbonyl (C=O) groups is 3. The highest BCUT2D eigenvalue weighted by atomic mass is 16.4. The lowest BCUT2D eigenvalue weighted by atomic mass is 9.92. The fraction of sp³-hybridized carbons (Fsp3) is 0.500. The molecular weight excluding hydrogens is 324 g/mol. The maximum absolute atomic E-state index is 12.8. The van der Waals surface area contributed by atoms with Crippen molar-refractivity contribution in [2.75, 3.05) is 11.9 Å². The Balaban J connectivity index is 2.35. The number of anilines is 1. The molecule has 1 amide bonds. The molecule has 0 saturated heterocycles. The number of aromatic carboxylic acids is 1. The van der Waals surface area contributed by atoms with Gasteiger partial charge < -0.3 is 20.4 Å². The molecule has 1 aromatic rings. The zero-order valence-electron chi connectivity index (χ0n) is 14.7. The summed E-state index contributed by atoms with van der Waals surface area (Å²) < 4.78 is 0. The molecule has 0 spiro atoms. The standard InChI is InChI=1S/C18H24N2O5/c1-18(2,3)6-7-20-10-12-8-11(17(24)25)4-5-13(12)19-14(16(20)23)9-15(21)22/h4-5,8,14,19H,6-7,9-10H2,1-3H3,(H,21,22)(H,24,25). The molecule has 1 aromatic carbocycles. The lowest BCUT2D eigenvalue weighted by Crippen LogP contribution is -2.42. The number of rotatable bonds is 5. The Morgan fingerprint density at radius 1 is 1.28 bits per heavy atom. The number of benzene rings is 1. The number of carbonyl (C=O) groups excluding carboxylic acids is 1. The molecule has 0 radical (unpaired) electrons. The van der Waals surface area contributed by atoms with Gasteiger partial charge in [-0.1, -0.05) is 20.8 Å². The van der Waals surface area contributed by atoms with Crippen molar-refractivity contribution in [3.8, 4) is 0 Å². The molecule has 25 heavy (non-hydrogen) atoms. The summed E-state index contributed by atoms with van der Waals surface area (Å²) in [6.07, 6.45) is 0.428. The molecule has 1 heterocycles. The maximum Gasteiger partial charge on any atom is 0.335 e. The van der Waals surface area contributed by atoms with Gasteiger partial charge >= 0.3 is 11.9 Å². The SMILES string of the molecule is CC(C)(C)CCN1Cc2cc(C(=O)O)ccc2NC(CC(=O)O)C1=O. The van der Waals surface area contributed by atoms with Gasteiger partial charge in [-0.15, -0.1) is 0 Å². The predicted molar refractivity (Wildman–Crippen MR) is 92.6 cm³/mol. The summed E-state index contributed by atoms with van der Waals surface area (Å²) in [6.45, 7) is 6.95. The van der Waals surface area contributed by atoms with Crippen molar-refractivity contribution in [3.05, 3.63) is 29.3 Å². The van der Waals surface area contributed by atoms with Crippen LogP contribution >= 0.6 is 0 Å². The van der Waals surface area contributed by atoms with Crippen molar-refractivity contribution in [2.45, 2.75) is 46.2 Å². The van der Waals surface area contributed by atoms with E-state index in [4.69, 9.17) is 5.11 Å². The van der Waals surface area contributed by atoms with Gasteiger partial charge in [0.15, 0.2) is 0 Å². The van der Waals surface area contributed by atoms with Crippen LogP contribution in [-0.4, -0.2) is 45.5 Å². The topological polar surface area (TPSA) is 107 Å². The zero-order valence-corrected chi connectivity index (χ0v) is 14.7. The van der Waals surface area contributed by atoms with Crippen LogP contribution in [0, 0.1) is 5.41 Å². The molecule has 7 nitrogen and oxygen atoms in total. The number of hydrogen-bond donors (Lipinski definition) is 3. The summed E-state index contributed by atoms with van der Waals surface area (Å²) in [5.74, 6) is -2.38. The molecule has 0 fully saturated rings. The van der Waals surface area contributed by atoms with Gasteiger partial charge in [-0.2, -0.15) is 0 Å². The van der Waals surface area contributed by atoms with Gasteiger partial charge in [0.25, 0.3) is 0 Å². The summed E-state index contributed by atoms with van der Waals surface area (Å²) in [6, 6.07) is 3.70. The first kappa shape index (κ1) is 18.8. The second-order valence-electron chi connectivity index (χ2n) is 7.54. The van der Waals surface area contributed by atoms with E-state index in [-0.39, 0.29) is 29.9 Å². The van der Waals surface area contributed by atoms with Gasteiger partial charge in [-0.05, 0) is 35.6 Å². The molecule has 3 N–H and O–H groups in total. The molecule has 0 aliphatic carbocycles. The Labute approximate surface area is 146 Å². The minimum Gasteiger partial charge on any atom is -0.481 e. The van der Waals surface area contributed by atoms with Crippen LogP contribution < -0.4 is 5.32 Å². The van der Waals surface area contributed by atoms with Crippen LogP contribution in [0.4, 0.5) is 5.69 Å². The van der Waals surface area contributed by atoms with Gasteiger partial charge in [0, 0.05) is 18.8 Å². The van der Waals surface area contributed by atoms with Crippen LogP contribution in [0.5, 0.6) is 0 Å². The average Bonchev–Trinajstić information content (AvgIpc) is 2.61. The molecule has 0 saturated carbocycles. The van der Waals surface area contributed by atoms with Gasteiger partial charge in [-0.25, -0.2) is 4.79 Å². The molecule has 1 unspecified atom stereocenters. The molecule has 7 heteroatoms. The Morgan fingerprint density at radius 2 is 1.96 bits per heavy atom. The number of fused-ring (bicyclic) bond motifs is 1. The quantitative estimate of drug-likeness (QED) is 0.754. The van der Waals surface area contributed by atoms with Gasteiger partial charge in [-0.3, -0.25) is 9.59 Å². The Kier molecular flexibility index (Phi) is 5.35. The highest BCUT2D eigenvalue weighted by molar-refractivity contribution is 5.92. The van der Waals surface area contributed by atoms with E-state index in [9.17, 15) is 19.5 Å². The molecule has 1 aliphatic rings. The van der Waals surface area contributed by atoms with E-state index in [1.807, 2.05) is 0 Å². The minimum atomic E-state index is -1.06. The van der Waals surface area contributed by atoms with Crippen molar-refractivity contribution in [3.63, 3.8) is 0 Å². The highest BCUT2D eigenvalue weighted by Crippen LogP contribution is 2.27. The number of carboxylic acid groups (broad SMARTS) is 2. The first-order valence-corrected chi connectivity index (χ1v) is 8.20. The van der Waals surface area contributed by atoms with Crippen molar-refractivity contribution in [2.24, 2.45) is 5.41 Å². The maximum atomic E-state index is 12.8. The first-order valence-electron chi connectivity index (χ1n) is 8.20. The van der Waals surface area contributed by atoms with E-state index < -0.39 is 18.0 Å². The number of amides is 1. The largest absolute Gasteiger partial charge is 0.481 e. The third kappa shape index (κ3) is 4.95. The van der Waals surface area contributed by atoms with E-state index in [1.54, 1.807) is 11.0 Å². The summed E-state index contributed by atoms with van der Waals surface area (Å²) in [7, 11) is 0. The van der Waals surface area contributed by atoms with Crippen LogP contribution in [0.15, 0.2) is 18.2 Å². The fourth-order valence-electron chi connectivity index (χ4n) is 2.72. The van der Waals surface area contributed by atoms with Crippen LogP contribution in [-0.2, 0) is 16.1 Å². The number of aliphatic carboxylic acids is 1. The van der Waals surface area contributed by atoms with E-state index in [0.717, 1.165) is 6.42 Å². The molecule has 1 aliphatic heterocycles. The van der Waals surface area contributed by atoms with Gasteiger partial charge in [0.05, 0.1) is 12.0 Å². The van der Waals surface area contributed by atoms with Crippen molar-refractivity contribution < 1.29 is 24.6 Å². The first-order chi connectivity index (χ1) is 11.6. The third-order valence-corrected chi connectivity index (χ3v) is 4.16. The number of nitrogens with zero attached hydrogens (tertiary/aromatic N) is 1. The zero-order chi connectivity index (χ0) is 18.8. The monoisotopic (exact) mass is 348 g/mol. The molecular formula is C18H24N2O5. The van der Waals surface area contributed by atoms with E-state index in [2.05, 4.69) is 26.1 Å². The number of nitrogens with one attached hydrogen (secondary N) is 1. The van der Waals surface area contributed by atoms with Crippen molar-refractivity contribution in [1.82, 2.24) is 4.90 Å². The Bertz CT molecular complexity index is 693. The van der Waals surface area contributed by atoms with Crippen LogP contribution in [0.2, 0.25) is 0 Å². The summed E-state index contributed by atoms with van der Waals surface area (Å²) in [5, 5.41) is 21.2. The van der Waals surface area contributed by atoms with Crippen LogP contribution in [0.25, 0.3) is 0 Å². The number of hydrogen-bond acceptors (Lipinski definition) is 4. The normalized spacial score (nSPS) is 17.5. The second kappa shape index (κ2) is 7.13. The summed E-state index contributed by atoms with van der Waals surface area (Å²) in [5.41, 5.74) is 1.44. The number of carboxylic acids is 2. The molecule has 136 valence electrons. The lowest BCUT2D eigenvalue weighted by molar-refractivity contribution is -0.141. The minimum absolute atomic E-state index is 0.0219. The van der Waals surface area contributed by atoms with Gasteiger partial charge in [0.1, 0.15) is 6.04 Å². The summed E-state index contributed by atoms with van der Waals surface area (Å²) in [4.78, 5) is 36.7. The Hall–Kier alpha value is -2.57. The second-order valence-corrected chi connectivity index (χ2v) is 7.54. The third-order valence-electron chi connectivity index (χ3n) is 4.16. The predicted octanol–water partition coefficient (Wildman–Crippen LogP) is 2.42. The van der Waals surface area contributed by atoms with Crippen LogP contribution in [0.3, 0.4) is 0 Å². The van der Waals surface area contributed by atoms with Crippen molar-refractivity contribution >= 4 is 23.5 Å². The summed E-state index contributed by atoms with van der Waals surface area (Å²) >= 11 is 0. The van der Waals surface area contributed by atoms with Gasteiger partial charge in [0.2, 0.25) is 5.91 Å². The highest BCUT2D eigenvalue weighted by Gasteiger charge is 2.31. The fourth-order valence-corrected chi connectivity index (χ4v) is 2.72. The Morgan fingerprint density at radius 3 is 2.52 bits per heavy atom. The smallest absolute Gasteiger partial charge is 0.335 e. The molecule has 0 bridgehead atoms. The van der Waals surface area contributed by atoms with E-state index >= 15 is 0 Å². The molecule has 2 rings (SSSR count). The lowest BCUT2D eigenvalue weighted by Gasteiger charge is -2.27. The van der Waals surface area contributed by atoms with Crippen LogP contribution in [0.1, 0.15) is 49.5 Å². The molecule has 1 atom stereocenters. The van der Waals surface area contributed by atoms with Crippen molar-refractivity contribution in [1.29, 1.82) is 0 Å².